The van der Waals surface area contributed by atoms with Crippen molar-refractivity contribution in [3.63, 3.8) is 0 Å². The fourth-order valence-corrected chi connectivity index (χ4v) is 3.13. The van der Waals surface area contributed by atoms with Crippen molar-refractivity contribution in [2.45, 2.75) is 36.5 Å². The minimum atomic E-state index is -0.116. The SMILES string of the molecule is CCCNC(C)c1cccc(F)c1SC1COC1. The van der Waals surface area contributed by atoms with Gasteiger partial charge in [-0.25, -0.2) is 4.39 Å². The van der Waals surface area contributed by atoms with Crippen molar-refractivity contribution in [1.29, 1.82) is 0 Å². The Hall–Kier alpha value is -0.580. The lowest BCUT2D eigenvalue weighted by Gasteiger charge is -2.27. The zero-order valence-corrected chi connectivity index (χ0v) is 11.7. The fourth-order valence-electron chi connectivity index (χ4n) is 1.91. The van der Waals surface area contributed by atoms with Gasteiger partial charge in [-0.15, -0.1) is 11.8 Å². The Bertz CT molecular complexity index is 395. The third kappa shape index (κ3) is 3.25. The van der Waals surface area contributed by atoms with Crippen molar-refractivity contribution in [2.75, 3.05) is 19.8 Å². The predicted molar refractivity (Wildman–Crippen MR) is 73.6 cm³/mol. The lowest BCUT2D eigenvalue weighted by Crippen LogP contribution is -2.30. The number of nitrogens with one attached hydrogen (secondary N) is 1. The van der Waals surface area contributed by atoms with Crippen LogP contribution in [0.25, 0.3) is 0 Å². The van der Waals surface area contributed by atoms with Gasteiger partial charge in [0.2, 0.25) is 0 Å². The monoisotopic (exact) mass is 269 g/mol. The molecule has 0 saturated carbocycles. The summed E-state index contributed by atoms with van der Waals surface area (Å²) < 4.78 is 19.1. The maximum atomic E-state index is 14.0. The van der Waals surface area contributed by atoms with Crippen LogP contribution in [0.4, 0.5) is 4.39 Å². The normalized spacial score (nSPS) is 17.5. The minimum absolute atomic E-state index is 0.116. The lowest BCUT2D eigenvalue weighted by molar-refractivity contribution is 0.0454. The first-order chi connectivity index (χ1) is 8.72. The average molecular weight is 269 g/mol. The summed E-state index contributed by atoms with van der Waals surface area (Å²) in [6, 6.07) is 5.52. The first kappa shape index (κ1) is 13.8. The van der Waals surface area contributed by atoms with Crippen molar-refractivity contribution >= 4 is 11.8 Å². The third-order valence-electron chi connectivity index (χ3n) is 3.06. The Morgan fingerprint density at radius 3 is 2.89 bits per heavy atom. The van der Waals surface area contributed by atoms with Gasteiger partial charge in [-0.05, 0) is 31.5 Å². The smallest absolute Gasteiger partial charge is 0.137 e. The van der Waals surface area contributed by atoms with E-state index in [9.17, 15) is 4.39 Å². The van der Waals surface area contributed by atoms with E-state index >= 15 is 0 Å². The van der Waals surface area contributed by atoms with Gasteiger partial charge in [0.15, 0.2) is 0 Å². The second kappa shape index (κ2) is 6.55. The molecular formula is C14H20FNOS. The molecule has 1 fully saturated rings. The summed E-state index contributed by atoms with van der Waals surface area (Å²) in [5.74, 6) is -0.116. The average Bonchev–Trinajstić information content (AvgIpc) is 2.32. The van der Waals surface area contributed by atoms with Gasteiger partial charge in [0, 0.05) is 10.9 Å². The Balaban J connectivity index is 2.13. The number of rotatable bonds is 6. The standard InChI is InChI=1S/C14H20FNOS/c1-3-7-16-10(2)12-5-4-6-13(15)14(12)18-11-8-17-9-11/h4-6,10-11,16H,3,7-9H2,1-2H3. The Morgan fingerprint density at radius 1 is 1.50 bits per heavy atom. The highest BCUT2D eigenvalue weighted by molar-refractivity contribution is 8.00. The molecule has 0 spiro atoms. The lowest BCUT2D eigenvalue weighted by atomic mass is 10.1. The number of benzene rings is 1. The quantitative estimate of drug-likeness (QED) is 0.855. The van der Waals surface area contributed by atoms with Crippen molar-refractivity contribution in [3.8, 4) is 0 Å². The molecule has 1 unspecified atom stereocenters. The summed E-state index contributed by atoms with van der Waals surface area (Å²) in [6.07, 6.45) is 1.08. The van der Waals surface area contributed by atoms with Crippen molar-refractivity contribution in [1.82, 2.24) is 5.32 Å². The summed E-state index contributed by atoms with van der Waals surface area (Å²) in [5.41, 5.74) is 1.06. The van der Waals surface area contributed by atoms with Crippen LogP contribution >= 0.6 is 11.8 Å². The molecule has 1 heterocycles. The van der Waals surface area contributed by atoms with E-state index in [1.54, 1.807) is 17.8 Å². The van der Waals surface area contributed by atoms with E-state index in [0.29, 0.717) is 5.25 Å². The molecule has 1 atom stereocenters. The molecule has 0 amide bonds. The van der Waals surface area contributed by atoms with Crippen LogP contribution < -0.4 is 5.32 Å². The molecule has 1 aliphatic heterocycles. The summed E-state index contributed by atoms with van der Waals surface area (Å²) in [7, 11) is 0. The van der Waals surface area contributed by atoms with Crippen LogP contribution in [0, 0.1) is 5.82 Å². The highest BCUT2D eigenvalue weighted by Gasteiger charge is 2.24. The third-order valence-corrected chi connectivity index (χ3v) is 4.33. The van der Waals surface area contributed by atoms with E-state index in [1.165, 1.54) is 6.07 Å². The van der Waals surface area contributed by atoms with Crippen LogP contribution in [0.3, 0.4) is 0 Å². The Morgan fingerprint density at radius 2 is 2.28 bits per heavy atom. The molecule has 1 N–H and O–H groups in total. The molecule has 1 saturated heterocycles. The minimum Gasteiger partial charge on any atom is -0.379 e. The highest BCUT2D eigenvalue weighted by atomic mass is 32.2. The van der Waals surface area contributed by atoms with Crippen LogP contribution in [-0.4, -0.2) is 25.0 Å². The van der Waals surface area contributed by atoms with Crippen LogP contribution in [0.5, 0.6) is 0 Å². The van der Waals surface area contributed by atoms with E-state index in [-0.39, 0.29) is 11.9 Å². The fraction of sp³-hybridized carbons (Fsp3) is 0.571. The molecule has 4 heteroatoms. The summed E-state index contributed by atoms with van der Waals surface area (Å²) in [6.45, 7) is 6.64. The van der Waals surface area contributed by atoms with Crippen LogP contribution in [0.15, 0.2) is 23.1 Å². The first-order valence-electron chi connectivity index (χ1n) is 6.48. The molecule has 100 valence electrons. The Labute approximate surface area is 112 Å². The molecule has 1 aliphatic rings. The zero-order chi connectivity index (χ0) is 13.0. The molecule has 2 nitrogen and oxygen atoms in total. The Kier molecular flexibility index (Phi) is 5.03. The van der Waals surface area contributed by atoms with Gasteiger partial charge in [-0.2, -0.15) is 0 Å². The molecule has 0 aliphatic carbocycles. The molecule has 1 aromatic carbocycles. The zero-order valence-electron chi connectivity index (χ0n) is 10.9. The van der Waals surface area contributed by atoms with Gasteiger partial charge in [0.1, 0.15) is 5.82 Å². The molecule has 18 heavy (non-hydrogen) atoms. The second-order valence-electron chi connectivity index (χ2n) is 4.61. The van der Waals surface area contributed by atoms with Crippen molar-refractivity contribution in [2.24, 2.45) is 0 Å². The number of thioether (sulfide) groups is 1. The topological polar surface area (TPSA) is 21.3 Å². The predicted octanol–water partition coefficient (Wildman–Crippen LogP) is 3.38. The number of ether oxygens (including phenoxy) is 1. The second-order valence-corrected chi connectivity index (χ2v) is 5.92. The molecule has 1 aromatic rings. The van der Waals surface area contributed by atoms with Gasteiger partial charge in [-0.3, -0.25) is 0 Å². The number of hydrogen-bond acceptors (Lipinski definition) is 3. The molecular weight excluding hydrogens is 249 g/mol. The summed E-state index contributed by atoms with van der Waals surface area (Å²) >= 11 is 1.61. The maximum absolute atomic E-state index is 14.0. The maximum Gasteiger partial charge on any atom is 0.137 e. The number of halogens is 1. The van der Waals surface area contributed by atoms with Gasteiger partial charge in [0.25, 0.3) is 0 Å². The van der Waals surface area contributed by atoms with Crippen LogP contribution in [0.1, 0.15) is 31.9 Å². The van der Waals surface area contributed by atoms with Gasteiger partial charge in [0.05, 0.1) is 18.5 Å². The highest BCUT2D eigenvalue weighted by Crippen LogP contribution is 2.35. The van der Waals surface area contributed by atoms with Gasteiger partial charge in [-0.1, -0.05) is 19.1 Å². The van der Waals surface area contributed by atoms with Crippen molar-refractivity contribution < 1.29 is 9.13 Å². The summed E-state index contributed by atoms with van der Waals surface area (Å²) in [5, 5.41) is 3.82. The largest absolute Gasteiger partial charge is 0.379 e. The van der Waals surface area contributed by atoms with E-state index in [4.69, 9.17) is 4.74 Å². The van der Waals surface area contributed by atoms with Crippen LogP contribution in [-0.2, 0) is 4.74 Å². The summed E-state index contributed by atoms with van der Waals surface area (Å²) in [4.78, 5) is 0.780. The van der Waals surface area contributed by atoms with E-state index in [1.807, 2.05) is 6.07 Å². The van der Waals surface area contributed by atoms with Gasteiger partial charge >= 0.3 is 0 Å². The number of hydrogen-bond donors (Lipinski definition) is 1. The van der Waals surface area contributed by atoms with Gasteiger partial charge < -0.3 is 10.1 Å². The van der Waals surface area contributed by atoms with Crippen molar-refractivity contribution in [3.05, 3.63) is 29.6 Å². The molecule has 2 rings (SSSR count). The molecule has 0 aromatic heterocycles. The van der Waals surface area contributed by atoms with Crippen LogP contribution in [0.2, 0.25) is 0 Å². The molecule has 0 bridgehead atoms. The first-order valence-corrected chi connectivity index (χ1v) is 7.36. The molecule has 0 radical (unpaired) electrons. The van der Waals surface area contributed by atoms with E-state index in [0.717, 1.165) is 36.6 Å². The van der Waals surface area contributed by atoms with E-state index in [2.05, 4.69) is 19.2 Å². The van der Waals surface area contributed by atoms with E-state index < -0.39 is 0 Å².